The molecule has 1 amide bonds. The number of nitrogens with two attached hydrogens (primary N) is 1. The van der Waals surface area contributed by atoms with Crippen molar-refractivity contribution in [1.82, 2.24) is 10.2 Å². The van der Waals surface area contributed by atoms with E-state index in [0.29, 0.717) is 12.6 Å². The monoisotopic (exact) mass is 329 g/mol. The number of nitrogens with zero attached hydrogens (tertiary/aromatic N) is 1. The van der Waals surface area contributed by atoms with Crippen molar-refractivity contribution < 1.29 is 9.53 Å². The maximum atomic E-state index is 11.6. The Labute approximate surface area is 134 Å². The quantitative estimate of drug-likeness (QED) is 0.764. The minimum absolute atomic E-state index is 0. The highest BCUT2D eigenvalue weighted by atomic mass is 35.5. The number of likely N-dealkylation sites (tertiary alicyclic amines) is 1. The van der Waals surface area contributed by atoms with Gasteiger partial charge in [-0.05, 0) is 38.8 Å². The van der Waals surface area contributed by atoms with E-state index < -0.39 is 6.04 Å². The number of piperidine rings is 1. The van der Waals surface area contributed by atoms with E-state index in [1.165, 1.54) is 12.8 Å². The van der Waals surface area contributed by atoms with Crippen molar-refractivity contribution in [3.8, 4) is 0 Å². The zero-order valence-electron chi connectivity index (χ0n) is 12.6. The molecule has 1 heterocycles. The second kappa shape index (κ2) is 11.6. The van der Waals surface area contributed by atoms with Crippen LogP contribution in [0.15, 0.2) is 0 Å². The highest BCUT2D eigenvalue weighted by molar-refractivity contribution is 5.85. The average molecular weight is 330 g/mol. The fourth-order valence-corrected chi connectivity index (χ4v) is 2.23. The smallest absolute Gasteiger partial charge is 0.239 e. The summed E-state index contributed by atoms with van der Waals surface area (Å²) in [6, 6.07) is -0.195. The van der Waals surface area contributed by atoms with E-state index >= 15 is 0 Å². The Morgan fingerprint density at radius 2 is 1.95 bits per heavy atom. The standard InChI is InChI=1S/C13H27N3O2.2ClH/c1-10-4-6-16(7-5-10)11(2)8-15-13(17)12(14)9-18-3;;/h10-12H,4-9,14H2,1-3H3,(H,15,17);2*1H. The zero-order valence-corrected chi connectivity index (χ0v) is 14.3. The number of halogens is 2. The van der Waals surface area contributed by atoms with Crippen LogP contribution in [-0.4, -0.2) is 56.2 Å². The predicted molar refractivity (Wildman–Crippen MR) is 86.8 cm³/mol. The molecule has 0 spiro atoms. The summed E-state index contributed by atoms with van der Waals surface area (Å²) in [6.45, 7) is 7.63. The molecule has 1 fully saturated rings. The summed E-state index contributed by atoms with van der Waals surface area (Å²) in [7, 11) is 1.55. The zero-order chi connectivity index (χ0) is 13.5. The van der Waals surface area contributed by atoms with E-state index in [9.17, 15) is 4.79 Å². The summed E-state index contributed by atoms with van der Waals surface area (Å²) in [5.74, 6) is 0.701. The second-order valence-electron chi connectivity index (χ2n) is 5.37. The number of hydrogen-bond donors (Lipinski definition) is 2. The first-order chi connectivity index (χ1) is 8.54. The van der Waals surface area contributed by atoms with Crippen molar-refractivity contribution in [2.24, 2.45) is 11.7 Å². The van der Waals surface area contributed by atoms with Crippen LogP contribution in [0.2, 0.25) is 0 Å². The maximum Gasteiger partial charge on any atom is 0.239 e. The lowest BCUT2D eigenvalue weighted by Crippen LogP contribution is -2.49. The van der Waals surface area contributed by atoms with Gasteiger partial charge in [-0.1, -0.05) is 6.92 Å². The summed E-state index contributed by atoms with van der Waals surface area (Å²) in [5, 5.41) is 2.89. The van der Waals surface area contributed by atoms with Gasteiger partial charge in [0.1, 0.15) is 6.04 Å². The maximum absolute atomic E-state index is 11.6. The van der Waals surface area contributed by atoms with Gasteiger partial charge in [0.25, 0.3) is 0 Å². The lowest BCUT2D eigenvalue weighted by molar-refractivity contribution is -0.123. The van der Waals surface area contributed by atoms with E-state index in [1.807, 2.05) is 0 Å². The van der Waals surface area contributed by atoms with E-state index in [4.69, 9.17) is 10.5 Å². The molecule has 0 aromatic rings. The number of rotatable bonds is 6. The number of ether oxygens (including phenoxy) is 1. The van der Waals surface area contributed by atoms with E-state index in [-0.39, 0.29) is 37.3 Å². The molecular weight excluding hydrogens is 301 g/mol. The molecule has 0 aromatic heterocycles. The molecule has 0 bridgehead atoms. The van der Waals surface area contributed by atoms with E-state index in [0.717, 1.165) is 19.0 Å². The summed E-state index contributed by atoms with van der Waals surface area (Å²) in [6.07, 6.45) is 2.50. The van der Waals surface area contributed by atoms with Crippen LogP contribution in [0.1, 0.15) is 26.7 Å². The Hall–Kier alpha value is -0.0700. The van der Waals surface area contributed by atoms with Crippen LogP contribution in [0.25, 0.3) is 0 Å². The van der Waals surface area contributed by atoms with Crippen molar-refractivity contribution in [2.75, 3.05) is 33.4 Å². The minimum atomic E-state index is -0.566. The summed E-state index contributed by atoms with van der Waals surface area (Å²) in [4.78, 5) is 14.1. The molecular formula is C13H29Cl2N3O2. The van der Waals surface area contributed by atoms with Crippen LogP contribution in [0.5, 0.6) is 0 Å². The third kappa shape index (κ3) is 7.64. The molecule has 1 aliphatic rings. The highest BCUT2D eigenvalue weighted by Gasteiger charge is 2.21. The Morgan fingerprint density at radius 3 is 2.45 bits per heavy atom. The SMILES string of the molecule is COCC(N)C(=O)NCC(C)N1CCC(C)CC1.Cl.Cl. The third-order valence-electron chi connectivity index (χ3n) is 3.70. The number of methoxy groups -OCH3 is 1. The molecule has 20 heavy (non-hydrogen) atoms. The molecule has 0 aromatic carbocycles. The molecule has 0 radical (unpaired) electrons. The molecule has 122 valence electrons. The van der Waals surface area contributed by atoms with Crippen molar-refractivity contribution in [2.45, 2.75) is 38.8 Å². The number of nitrogens with one attached hydrogen (secondary N) is 1. The normalized spacial score (nSPS) is 19.4. The van der Waals surface area contributed by atoms with Crippen molar-refractivity contribution in [1.29, 1.82) is 0 Å². The van der Waals surface area contributed by atoms with Crippen LogP contribution < -0.4 is 11.1 Å². The van der Waals surface area contributed by atoms with Crippen molar-refractivity contribution in [3.63, 3.8) is 0 Å². The van der Waals surface area contributed by atoms with Gasteiger partial charge in [0.05, 0.1) is 6.61 Å². The van der Waals surface area contributed by atoms with Crippen LogP contribution >= 0.6 is 24.8 Å². The highest BCUT2D eigenvalue weighted by Crippen LogP contribution is 2.17. The van der Waals surface area contributed by atoms with Gasteiger partial charge in [-0.25, -0.2) is 0 Å². The first-order valence-corrected chi connectivity index (χ1v) is 6.80. The van der Waals surface area contributed by atoms with Crippen LogP contribution in [0.3, 0.4) is 0 Å². The Kier molecular flexibility index (Phi) is 12.9. The number of amides is 1. The molecule has 2 atom stereocenters. The van der Waals surface area contributed by atoms with Crippen LogP contribution in [0, 0.1) is 5.92 Å². The fraction of sp³-hybridized carbons (Fsp3) is 0.923. The van der Waals surface area contributed by atoms with Crippen LogP contribution in [-0.2, 0) is 9.53 Å². The molecule has 1 aliphatic heterocycles. The first-order valence-electron chi connectivity index (χ1n) is 6.80. The van der Waals surface area contributed by atoms with Gasteiger partial charge in [-0.3, -0.25) is 9.69 Å². The molecule has 7 heteroatoms. The number of carbonyl (C=O) groups is 1. The van der Waals surface area contributed by atoms with Gasteiger partial charge in [0.2, 0.25) is 5.91 Å². The molecule has 2 unspecified atom stereocenters. The fourth-order valence-electron chi connectivity index (χ4n) is 2.23. The van der Waals surface area contributed by atoms with Gasteiger partial charge in [0.15, 0.2) is 0 Å². The number of carbonyl (C=O) groups excluding carboxylic acids is 1. The molecule has 3 N–H and O–H groups in total. The van der Waals surface area contributed by atoms with Gasteiger partial charge in [0, 0.05) is 19.7 Å². The Balaban J connectivity index is 0. The van der Waals surface area contributed by atoms with Crippen LogP contribution in [0.4, 0.5) is 0 Å². The molecule has 1 rings (SSSR count). The summed E-state index contributed by atoms with van der Waals surface area (Å²) >= 11 is 0. The number of hydrogen-bond acceptors (Lipinski definition) is 4. The Bertz CT molecular complexity index is 262. The lowest BCUT2D eigenvalue weighted by atomic mass is 9.98. The first kappa shape index (κ1) is 22.2. The minimum Gasteiger partial charge on any atom is -0.383 e. The van der Waals surface area contributed by atoms with Gasteiger partial charge in [-0.2, -0.15) is 0 Å². The van der Waals surface area contributed by atoms with Gasteiger partial charge < -0.3 is 15.8 Å². The van der Waals surface area contributed by atoms with Gasteiger partial charge >= 0.3 is 0 Å². The molecule has 0 saturated carbocycles. The third-order valence-corrected chi connectivity index (χ3v) is 3.70. The van der Waals surface area contributed by atoms with E-state index in [2.05, 4.69) is 24.1 Å². The Morgan fingerprint density at radius 1 is 1.40 bits per heavy atom. The predicted octanol–water partition coefficient (Wildman–Crippen LogP) is 1.04. The lowest BCUT2D eigenvalue weighted by Gasteiger charge is -2.35. The largest absolute Gasteiger partial charge is 0.383 e. The van der Waals surface area contributed by atoms with Crippen molar-refractivity contribution >= 4 is 30.7 Å². The molecule has 1 saturated heterocycles. The second-order valence-corrected chi connectivity index (χ2v) is 5.37. The summed E-state index contributed by atoms with van der Waals surface area (Å²) < 4.78 is 4.86. The van der Waals surface area contributed by atoms with Crippen molar-refractivity contribution in [3.05, 3.63) is 0 Å². The summed E-state index contributed by atoms with van der Waals surface area (Å²) in [5.41, 5.74) is 5.66. The topological polar surface area (TPSA) is 67.6 Å². The molecule has 5 nitrogen and oxygen atoms in total. The van der Waals surface area contributed by atoms with E-state index in [1.54, 1.807) is 7.11 Å². The molecule has 0 aliphatic carbocycles. The van der Waals surface area contributed by atoms with Gasteiger partial charge in [-0.15, -0.1) is 24.8 Å². The average Bonchev–Trinajstić information content (AvgIpc) is 2.36.